The zero-order chi connectivity index (χ0) is 28.1. The number of hydrogen-bond donors (Lipinski definition) is 1. The van der Waals surface area contributed by atoms with Crippen molar-refractivity contribution in [1.29, 1.82) is 0 Å². The molecule has 4 aliphatic carbocycles. The summed E-state index contributed by atoms with van der Waals surface area (Å²) in [7, 11) is -6.68. The Bertz CT molecular complexity index is 991. The first-order valence-corrected chi connectivity index (χ1v) is 12.7. The monoisotopic (exact) mass is 570 g/mol. The number of hydrogen-bond acceptors (Lipinski definition) is 7. The van der Waals surface area contributed by atoms with Crippen LogP contribution in [0.5, 0.6) is 0 Å². The summed E-state index contributed by atoms with van der Waals surface area (Å²) in [5.41, 5.74) is -1.38. The SMILES string of the molecule is C=CCOC(=O)C(OCCC(F)(F)C(F)(F)S(=O)(=O)O)(OC(=O)C12CC3CC(CC(C3)C1)C2)C(F)(F)F. The van der Waals surface area contributed by atoms with Gasteiger partial charge in [-0.05, 0) is 56.3 Å². The van der Waals surface area contributed by atoms with Crippen LogP contribution in [0.3, 0.4) is 0 Å². The Morgan fingerprint density at radius 2 is 1.46 bits per heavy atom. The van der Waals surface area contributed by atoms with E-state index in [0.717, 1.165) is 25.3 Å². The lowest BCUT2D eigenvalue weighted by Crippen LogP contribution is -2.61. The standard InChI is InChI=1S/C21H25F7O8S/c1-2-4-34-16(30)19(20(24,25)26,35-5-3-18(22,23)21(27,28)37(31,32)33)36-15(29)17-9-12-6-13(10-17)8-14(7-12)11-17/h2,12-14H,1,3-11H2,(H,31,32,33). The minimum absolute atomic E-state index is 0.0501. The first kappa shape index (κ1) is 29.6. The van der Waals surface area contributed by atoms with Crippen molar-refractivity contribution in [2.24, 2.45) is 23.2 Å². The maximum absolute atomic E-state index is 14.2. The Labute approximate surface area is 207 Å². The molecule has 0 aromatic heterocycles. The average molecular weight is 570 g/mol. The van der Waals surface area contributed by atoms with Crippen molar-refractivity contribution in [2.75, 3.05) is 13.2 Å². The maximum atomic E-state index is 14.2. The number of esters is 2. The van der Waals surface area contributed by atoms with Gasteiger partial charge in [-0.25, -0.2) is 4.79 Å². The molecule has 0 aliphatic heterocycles. The Morgan fingerprint density at radius 1 is 0.973 bits per heavy atom. The summed E-state index contributed by atoms with van der Waals surface area (Å²) >= 11 is 0. The molecule has 212 valence electrons. The molecule has 0 spiro atoms. The van der Waals surface area contributed by atoms with Crippen LogP contribution in [0.1, 0.15) is 44.9 Å². The molecule has 0 heterocycles. The third kappa shape index (κ3) is 5.33. The van der Waals surface area contributed by atoms with Gasteiger partial charge < -0.3 is 14.2 Å². The molecule has 1 unspecified atom stereocenters. The molecule has 8 nitrogen and oxygen atoms in total. The number of alkyl halides is 7. The minimum atomic E-state index is -6.68. The van der Waals surface area contributed by atoms with E-state index in [-0.39, 0.29) is 37.0 Å². The first-order chi connectivity index (χ1) is 16.8. The minimum Gasteiger partial charge on any atom is -0.456 e. The second-order valence-electron chi connectivity index (χ2n) is 9.88. The van der Waals surface area contributed by atoms with E-state index in [0.29, 0.717) is 0 Å². The van der Waals surface area contributed by atoms with E-state index in [1.807, 2.05) is 0 Å². The lowest BCUT2D eigenvalue weighted by molar-refractivity contribution is -0.361. The molecule has 4 saturated carbocycles. The quantitative estimate of drug-likeness (QED) is 0.129. The second kappa shape index (κ2) is 9.67. The highest BCUT2D eigenvalue weighted by Crippen LogP contribution is 2.61. The summed E-state index contributed by atoms with van der Waals surface area (Å²) in [6.07, 6.45) is -4.58. The van der Waals surface area contributed by atoms with E-state index in [2.05, 4.69) is 20.8 Å². The van der Waals surface area contributed by atoms with Crippen LogP contribution in [0.4, 0.5) is 30.7 Å². The van der Waals surface area contributed by atoms with Crippen molar-refractivity contribution in [3.63, 3.8) is 0 Å². The van der Waals surface area contributed by atoms with Gasteiger partial charge in [-0.15, -0.1) is 0 Å². The van der Waals surface area contributed by atoms with Gasteiger partial charge in [0, 0.05) is 6.42 Å². The van der Waals surface area contributed by atoms with Crippen LogP contribution in [0.2, 0.25) is 0 Å². The van der Waals surface area contributed by atoms with E-state index in [4.69, 9.17) is 4.55 Å². The van der Waals surface area contributed by atoms with Crippen LogP contribution in [-0.4, -0.2) is 61.3 Å². The van der Waals surface area contributed by atoms with Crippen LogP contribution in [-0.2, 0) is 33.9 Å². The fourth-order valence-corrected chi connectivity index (χ4v) is 6.35. The Morgan fingerprint density at radius 3 is 1.86 bits per heavy atom. The van der Waals surface area contributed by atoms with E-state index in [1.165, 1.54) is 0 Å². The number of ether oxygens (including phenoxy) is 3. The largest absolute Gasteiger partial charge is 0.468 e. The Balaban J connectivity index is 1.90. The van der Waals surface area contributed by atoms with Crippen molar-refractivity contribution in [3.8, 4) is 0 Å². The van der Waals surface area contributed by atoms with Gasteiger partial charge in [0.1, 0.15) is 6.61 Å². The molecule has 4 fully saturated rings. The van der Waals surface area contributed by atoms with Crippen molar-refractivity contribution in [3.05, 3.63) is 12.7 Å². The summed E-state index contributed by atoms with van der Waals surface area (Å²) in [6, 6.07) is 0. The van der Waals surface area contributed by atoms with Gasteiger partial charge in [-0.1, -0.05) is 12.7 Å². The molecule has 0 aromatic rings. The number of rotatable bonds is 11. The zero-order valence-corrected chi connectivity index (χ0v) is 20.1. The van der Waals surface area contributed by atoms with Gasteiger partial charge in [0.15, 0.2) is 0 Å². The van der Waals surface area contributed by atoms with Crippen molar-refractivity contribution < 1.29 is 67.5 Å². The zero-order valence-electron chi connectivity index (χ0n) is 19.2. The van der Waals surface area contributed by atoms with Gasteiger partial charge in [0.2, 0.25) is 0 Å². The molecule has 0 aromatic carbocycles. The van der Waals surface area contributed by atoms with E-state index >= 15 is 0 Å². The summed E-state index contributed by atoms with van der Waals surface area (Å²) in [6.45, 7) is 0.251. The molecule has 4 rings (SSSR count). The molecular weight excluding hydrogens is 545 g/mol. The van der Waals surface area contributed by atoms with Gasteiger partial charge in [0.05, 0.1) is 12.0 Å². The molecule has 37 heavy (non-hydrogen) atoms. The molecule has 16 heteroatoms. The third-order valence-corrected chi connectivity index (χ3v) is 8.10. The maximum Gasteiger partial charge on any atom is 0.468 e. The van der Waals surface area contributed by atoms with Crippen molar-refractivity contribution in [1.82, 2.24) is 0 Å². The summed E-state index contributed by atoms with van der Waals surface area (Å²) in [5, 5.41) is -6.09. The fourth-order valence-electron chi connectivity index (χ4n) is 5.87. The third-order valence-electron chi connectivity index (χ3n) is 7.15. The molecule has 4 bridgehead atoms. The normalized spacial score (nSPS) is 29.5. The van der Waals surface area contributed by atoms with Crippen LogP contribution >= 0.6 is 0 Å². The highest BCUT2D eigenvalue weighted by molar-refractivity contribution is 7.87. The van der Waals surface area contributed by atoms with Crippen LogP contribution < -0.4 is 0 Å². The Hall–Kier alpha value is -1.94. The predicted octanol–water partition coefficient (Wildman–Crippen LogP) is 4.26. The topological polar surface area (TPSA) is 116 Å². The van der Waals surface area contributed by atoms with Crippen molar-refractivity contribution in [2.45, 2.75) is 68.1 Å². The highest BCUT2D eigenvalue weighted by atomic mass is 32.2. The van der Waals surface area contributed by atoms with Gasteiger partial charge >= 0.3 is 45.2 Å². The number of carbonyl (C=O) groups is 2. The number of halogens is 7. The molecule has 0 saturated heterocycles. The summed E-state index contributed by atoms with van der Waals surface area (Å²) in [4.78, 5) is 25.7. The van der Waals surface area contributed by atoms with E-state index in [9.17, 15) is 48.7 Å². The van der Waals surface area contributed by atoms with Crippen molar-refractivity contribution >= 4 is 22.1 Å². The predicted molar refractivity (Wildman–Crippen MR) is 109 cm³/mol. The Kier molecular flexibility index (Phi) is 7.74. The lowest BCUT2D eigenvalue weighted by Gasteiger charge is -2.55. The molecule has 1 N–H and O–H groups in total. The summed E-state index contributed by atoms with van der Waals surface area (Å²) in [5.74, 6) is -13.9. The van der Waals surface area contributed by atoms with E-state index < -0.39 is 70.2 Å². The molecular formula is C21H25F7O8S. The second-order valence-corrected chi connectivity index (χ2v) is 11.3. The molecule has 1 atom stereocenters. The number of carbonyl (C=O) groups excluding carboxylic acids is 2. The highest BCUT2D eigenvalue weighted by Gasteiger charge is 2.71. The molecule has 4 aliphatic rings. The molecule has 0 amide bonds. The van der Waals surface area contributed by atoms with Crippen LogP contribution in [0.25, 0.3) is 0 Å². The van der Waals surface area contributed by atoms with Crippen LogP contribution in [0.15, 0.2) is 12.7 Å². The smallest absolute Gasteiger partial charge is 0.456 e. The first-order valence-electron chi connectivity index (χ1n) is 11.2. The summed E-state index contributed by atoms with van der Waals surface area (Å²) < 4.78 is 140. The lowest BCUT2D eigenvalue weighted by atomic mass is 9.49. The van der Waals surface area contributed by atoms with E-state index in [1.54, 1.807) is 0 Å². The average Bonchev–Trinajstić information content (AvgIpc) is 2.73. The molecule has 0 radical (unpaired) electrons. The fraction of sp³-hybridized carbons (Fsp3) is 0.810. The van der Waals surface area contributed by atoms with Gasteiger partial charge in [0.25, 0.3) is 0 Å². The van der Waals surface area contributed by atoms with Gasteiger partial charge in [-0.2, -0.15) is 39.2 Å². The van der Waals surface area contributed by atoms with Gasteiger partial charge in [-0.3, -0.25) is 9.35 Å². The van der Waals surface area contributed by atoms with Crippen LogP contribution in [0, 0.1) is 23.2 Å².